The van der Waals surface area contributed by atoms with Gasteiger partial charge >= 0.3 is 0 Å². The molecule has 0 bridgehead atoms. The Balaban J connectivity index is 1.72. The molecular formula is C22H23N3O7S. The molecule has 0 spiro atoms. The van der Waals surface area contributed by atoms with Crippen LogP contribution in [0.5, 0.6) is 23.0 Å². The van der Waals surface area contributed by atoms with E-state index in [-0.39, 0.29) is 35.9 Å². The lowest BCUT2D eigenvalue weighted by Crippen LogP contribution is -2.26. The lowest BCUT2D eigenvalue weighted by Gasteiger charge is -2.13. The van der Waals surface area contributed by atoms with Crippen molar-refractivity contribution in [3.8, 4) is 23.0 Å². The Morgan fingerprint density at radius 2 is 1.79 bits per heavy atom. The largest absolute Gasteiger partial charge is 0.493 e. The van der Waals surface area contributed by atoms with Gasteiger partial charge in [0.05, 0.1) is 43.5 Å². The predicted molar refractivity (Wildman–Crippen MR) is 122 cm³/mol. The summed E-state index contributed by atoms with van der Waals surface area (Å²) < 4.78 is 21.4. The zero-order valence-electron chi connectivity index (χ0n) is 18.3. The fourth-order valence-corrected chi connectivity index (χ4v) is 3.61. The number of benzene rings is 2. The number of nitrogens with zero attached hydrogens (tertiary/aromatic N) is 2. The number of nitrogens with one attached hydrogen (secondary N) is 1. The Kier molecular flexibility index (Phi) is 8.03. The molecule has 1 amide bonds. The standard InChI is InChI=1S/C22H23N3O7S/c1-29-18-5-4-14(8-19(18)30-2)6-7-23-22(26)16-9-20(31-3)21(10-17(16)25(27)28)32-11-15-12-33-13-24-15/h4-5,8-10,12-13H,6-7,11H2,1-3H3,(H,23,26). The fraction of sp³-hybridized carbons (Fsp3) is 0.273. The maximum absolute atomic E-state index is 12.7. The number of carbonyl (C=O) groups is 1. The van der Waals surface area contributed by atoms with Crippen molar-refractivity contribution in [1.82, 2.24) is 10.3 Å². The maximum atomic E-state index is 12.7. The molecule has 0 saturated carbocycles. The van der Waals surface area contributed by atoms with Gasteiger partial charge in [0, 0.05) is 18.0 Å². The van der Waals surface area contributed by atoms with Crippen molar-refractivity contribution < 1.29 is 28.7 Å². The van der Waals surface area contributed by atoms with E-state index >= 15 is 0 Å². The van der Waals surface area contributed by atoms with E-state index in [1.54, 1.807) is 31.2 Å². The van der Waals surface area contributed by atoms with Crippen molar-refractivity contribution in [3.05, 3.63) is 68.2 Å². The predicted octanol–water partition coefficient (Wildman–Crippen LogP) is 3.63. The third kappa shape index (κ3) is 5.89. The first-order valence-electron chi connectivity index (χ1n) is 9.82. The highest BCUT2D eigenvalue weighted by molar-refractivity contribution is 7.07. The second-order valence-corrected chi connectivity index (χ2v) is 7.46. The molecule has 0 unspecified atom stereocenters. The van der Waals surface area contributed by atoms with E-state index in [4.69, 9.17) is 18.9 Å². The topological polar surface area (TPSA) is 122 Å². The van der Waals surface area contributed by atoms with E-state index in [0.29, 0.717) is 23.6 Å². The number of amides is 1. The Labute approximate surface area is 194 Å². The molecule has 1 aromatic heterocycles. The zero-order valence-corrected chi connectivity index (χ0v) is 19.1. The van der Waals surface area contributed by atoms with Crippen LogP contribution >= 0.6 is 11.3 Å². The highest BCUT2D eigenvalue weighted by Crippen LogP contribution is 2.35. The number of carbonyl (C=O) groups excluding carboxylic acids is 1. The molecule has 2 aromatic carbocycles. The molecule has 0 aliphatic rings. The number of hydrogen-bond acceptors (Lipinski definition) is 9. The van der Waals surface area contributed by atoms with E-state index in [1.807, 2.05) is 12.1 Å². The molecule has 0 aliphatic heterocycles. The van der Waals surface area contributed by atoms with Gasteiger partial charge in [-0.2, -0.15) is 0 Å². The fourth-order valence-electron chi connectivity index (χ4n) is 3.07. The summed E-state index contributed by atoms with van der Waals surface area (Å²) in [5, 5.41) is 16.2. The molecule has 1 N–H and O–H groups in total. The summed E-state index contributed by atoms with van der Waals surface area (Å²) in [6, 6.07) is 7.93. The molecule has 0 fully saturated rings. The van der Waals surface area contributed by atoms with Crippen molar-refractivity contribution in [2.24, 2.45) is 0 Å². The summed E-state index contributed by atoms with van der Waals surface area (Å²) in [6.45, 7) is 0.379. The Morgan fingerprint density at radius 1 is 1.06 bits per heavy atom. The van der Waals surface area contributed by atoms with Gasteiger partial charge in [0.2, 0.25) is 0 Å². The maximum Gasteiger partial charge on any atom is 0.286 e. The molecule has 174 valence electrons. The molecule has 11 heteroatoms. The Morgan fingerprint density at radius 3 is 2.42 bits per heavy atom. The molecule has 33 heavy (non-hydrogen) atoms. The summed E-state index contributed by atoms with van der Waals surface area (Å²) in [5.41, 5.74) is 2.75. The second kappa shape index (κ2) is 11.1. The SMILES string of the molecule is COc1ccc(CCNC(=O)c2cc(OC)c(OCc3cscn3)cc2[N+](=O)[O-])cc1OC. The highest BCUT2D eigenvalue weighted by Gasteiger charge is 2.25. The van der Waals surface area contributed by atoms with Crippen molar-refractivity contribution in [2.45, 2.75) is 13.0 Å². The summed E-state index contributed by atoms with van der Waals surface area (Å²) in [6.07, 6.45) is 0.492. The number of hydrogen-bond donors (Lipinski definition) is 1. The first-order chi connectivity index (χ1) is 16.0. The van der Waals surface area contributed by atoms with Crippen molar-refractivity contribution in [1.29, 1.82) is 0 Å². The van der Waals surface area contributed by atoms with E-state index in [1.165, 1.54) is 30.6 Å². The molecule has 10 nitrogen and oxygen atoms in total. The van der Waals surface area contributed by atoms with Gasteiger partial charge in [0.25, 0.3) is 11.6 Å². The molecule has 0 radical (unpaired) electrons. The van der Waals surface area contributed by atoms with Gasteiger partial charge < -0.3 is 24.3 Å². The van der Waals surface area contributed by atoms with Gasteiger partial charge in [-0.05, 0) is 24.1 Å². The van der Waals surface area contributed by atoms with E-state index in [0.717, 1.165) is 5.56 Å². The summed E-state index contributed by atoms with van der Waals surface area (Å²) in [7, 11) is 4.49. The van der Waals surface area contributed by atoms with Crippen LogP contribution in [0, 0.1) is 10.1 Å². The zero-order chi connectivity index (χ0) is 23.8. The van der Waals surface area contributed by atoms with E-state index in [2.05, 4.69) is 10.3 Å². The third-order valence-corrected chi connectivity index (χ3v) is 5.36. The molecule has 3 rings (SSSR count). The van der Waals surface area contributed by atoms with Crippen LogP contribution in [0.3, 0.4) is 0 Å². The quantitative estimate of drug-likeness (QED) is 0.331. The van der Waals surface area contributed by atoms with Gasteiger partial charge in [-0.15, -0.1) is 11.3 Å². The van der Waals surface area contributed by atoms with Crippen LogP contribution in [0.25, 0.3) is 0 Å². The first kappa shape index (κ1) is 23.8. The molecule has 0 saturated heterocycles. The number of ether oxygens (including phenoxy) is 4. The minimum Gasteiger partial charge on any atom is -0.493 e. The normalized spacial score (nSPS) is 10.4. The number of rotatable bonds is 11. The minimum absolute atomic E-state index is 0.119. The van der Waals surface area contributed by atoms with Crippen LogP contribution in [0.4, 0.5) is 5.69 Å². The number of thiazole rings is 1. The molecule has 3 aromatic rings. The van der Waals surface area contributed by atoms with Crippen molar-refractivity contribution in [2.75, 3.05) is 27.9 Å². The van der Waals surface area contributed by atoms with Crippen LogP contribution < -0.4 is 24.3 Å². The van der Waals surface area contributed by atoms with Gasteiger partial charge in [0.1, 0.15) is 12.2 Å². The molecular weight excluding hydrogens is 450 g/mol. The average Bonchev–Trinajstić information content (AvgIpc) is 3.35. The van der Waals surface area contributed by atoms with Crippen LogP contribution in [0.2, 0.25) is 0 Å². The summed E-state index contributed by atoms with van der Waals surface area (Å²) in [4.78, 5) is 27.9. The molecule has 0 aliphatic carbocycles. The van der Waals surface area contributed by atoms with Crippen LogP contribution in [-0.4, -0.2) is 43.7 Å². The van der Waals surface area contributed by atoms with E-state index < -0.39 is 10.8 Å². The smallest absolute Gasteiger partial charge is 0.286 e. The molecule has 1 heterocycles. The summed E-state index contributed by atoms with van der Waals surface area (Å²) >= 11 is 1.41. The number of nitro benzene ring substituents is 1. The van der Waals surface area contributed by atoms with Gasteiger partial charge in [-0.3, -0.25) is 14.9 Å². The van der Waals surface area contributed by atoms with Crippen LogP contribution in [0.15, 0.2) is 41.2 Å². The average molecular weight is 474 g/mol. The van der Waals surface area contributed by atoms with Gasteiger partial charge in [-0.25, -0.2) is 4.98 Å². The van der Waals surface area contributed by atoms with E-state index in [9.17, 15) is 14.9 Å². The summed E-state index contributed by atoms with van der Waals surface area (Å²) in [5.74, 6) is 0.950. The monoisotopic (exact) mass is 473 g/mol. The first-order valence-corrected chi connectivity index (χ1v) is 10.8. The van der Waals surface area contributed by atoms with Gasteiger partial charge in [-0.1, -0.05) is 6.07 Å². The van der Waals surface area contributed by atoms with Crippen LogP contribution in [0.1, 0.15) is 21.6 Å². The number of nitro groups is 1. The highest BCUT2D eigenvalue weighted by atomic mass is 32.1. The Bertz CT molecular complexity index is 1120. The lowest BCUT2D eigenvalue weighted by molar-refractivity contribution is -0.385. The minimum atomic E-state index is -0.627. The molecule has 0 atom stereocenters. The number of aromatic nitrogens is 1. The third-order valence-electron chi connectivity index (χ3n) is 4.73. The van der Waals surface area contributed by atoms with Gasteiger partial charge in [0.15, 0.2) is 23.0 Å². The second-order valence-electron chi connectivity index (χ2n) is 6.74. The van der Waals surface area contributed by atoms with Crippen molar-refractivity contribution in [3.63, 3.8) is 0 Å². The number of methoxy groups -OCH3 is 3. The Hall–Kier alpha value is -3.86. The van der Waals surface area contributed by atoms with Crippen molar-refractivity contribution >= 4 is 22.9 Å². The van der Waals surface area contributed by atoms with Crippen LogP contribution in [-0.2, 0) is 13.0 Å². The lowest BCUT2D eigenvalue weighted by atomic mass is 10.1.